The predicted octanol–water partition coefficient (Wildman–Crippen LogP) is 4.52. The zero-order valence-electron chi connectivity index (χ0n) is 10.8. The highest BCUT2D eigenvalue weighted by Crippen LogP contribution is 2.29. The topological polar surface area (TPSA) is 3.24 Å². The molecule has 0 amide bonds. The van der Waals surface area contributed by atoms with Gasteiger partial charge in [-0.05, 0) is 49.4 Å². The second-order valence-corrected chi connectivity index (χ2v) is 5.65. The molecular weight excluding hydrogens is 230 g/mol. The first-order chi connectivity index (χ1) is 8.20. The van der Waals surface area contributed by atoms with E-state index in [-0.39, 0.29) is 0 Å². The van der Waals surface area contributed by atoms with Crippen LogP contribution in [0, 0.1) is 5.92 Å². The van der Waals surface area contributed by atoms with Gasteiger partial charge in [0.15, 0.2) is 0 Å². The molecule has 94 valence electrons. The van der Waals surface area contributed by atoms with Gasteiger partial charge >= 0.3 is 0 Å². The highest BCUT2D eigenvalue weighted by molar-refractivity contribution is 6.30. The molecule has 0 aromatic heterocycles. The number of likely N-dealkylation sites (tertiary alicyclic amines) is 1. The Bertz CT molecular complexity index is 346. The number of rotatable bonds is 3. The highest BCUT2D eigenvalue weighted by atomic mass is 35.5. The summed E-state index contributed by atoms with van der Waals surface area (Å²) in [6.07, 6.45) is 3.90. The molecule has 0 saturated carbocycles. The molecule has 0 aliphatic carbocycles. The van der Waals surface area contributed by atoms with Crippen molar-refractivity contribution in [3.63, 3.8) is 0 Å². The maximum Gasteiger partial charge on any atom is 0.0406 e. The molecule has 1 aromatic rings. The van der Waals surface area contributed by atoms with E-state index < -0.39 is 0 Å². The average Bonchev–Trinajstić information content (AvgIpc) is 2.33. The zero-order chi connectivity index (χ0) is 12.3. The van der Waals surface area contributed by atoms with E-state index in [0.717, 1.165) is 10.9 Å². The molecule has 2 atom stereocenters. The minimum absolute atomic E-state index is 0.565. The molecule has 17 heavy (non-hydrogen) atoms. The SMILES string of the molecule is CCC(c1ccc(Cl)cc1)N1CCCC(C)C1. The van der Waals surface area contributed by atoms with Crippen LogP contribution in [0.5, 0.6) is 0 Å². The zero-order valence-corrected chi connectivity index (χ0v) is 11.6. The highest BCUT2D eigenvalue weighted by Gasteiger charge is 2.23. The summed E-state index contributed by atoms with van der Waals surface area (Å²) in [6.45, 7) is 7.12. The molecule has 1 nitrogen and oxygen atoms in total. The summed E-state index contributed by atoms with van der Waals surface area (Å²) < 4.78 is 0. The van der Waals surface area contributed by atoms with Gasteiger partial charge in [-0.25, -0.2) is 0 Å². The monoisotopic (exact) mass is 251 g/mol. The van der Waals surface area contributed by atoms with Crippen LogP contribution >= 0.6 is 11.6 Å². The Morgan fingerprint density at radius 3 is 2.65 bits per heavy atom. The largest absolute Gasteiger partial charge is 0.296 e. The Balaban J connectivity index is 2.12. The van der Waals surface area contributed by atoms with Crippen molar-refractivity contribution in [2.24, 2.45) is 5.92 Å². The van der Waals surface area contributed by atoms with Gasteiger partial charge in [-0.2, -0.15) is 0 Å². The molecule has 2 heteroatoms. The second kappa shape index (κ2) is 5.88. The van der Waals surface area contributed by atoms with Crippen LogP contribution in [-0.2, 0) is 0 Å². The lowest BCUT2D eigenvalue weighted by molar-refractivity contribution is 0.126. The summed E-state index contributed by atoms with van der Waals surface area (Å²) in [5, 5.41) is 0.829. The van der Waals surface area contributed by atoms with Crippen molar-refractivity contribution >= 4 is 11.6 Å². The van der Waals surface area contributed by atoms with Gasteiger partial charge in [-0.15, -0.1) is 0 Å². The van der Waals surface area contributed by atoms with E-state index in [1.54, 1.807) is 0 Å². The minimum Gasteiger partial charge on any atom is -0.296 e. The van der Waals surface area contributed by atoms with Gasteiger partial charge in [0.1, 0.15) is 0 Å². The molecule has 0 spiro atoms. The van der Waals surface area contributed by atoms with Crippen LogP contribution in [0.15, 0.2) is 24.3 Å². The fourth-order valence-corrected chi connectivity index (χ4v) is 3.02. The Morgan fingerprint density at radius 1 is 1.35 bits per heavy atom. The summed E-state index contributed by atoms with van der Waals surface area (Å²) in [5.41, 5.74) is 1.41. The van der Waals surface area contributed by atoms with E-state index in [2.05, 4.69) is 30.9 Å². The van der Waals surface area contributed by atoms with Gasteiger partial charge in [0, 0.05) is 17.6 Å². The number of benzene rings is 1. The molecule has 2 unspecified atom stereocenters. The van der Waals surface area contributed by atoms with E-state index in [1.807, 2.05) is 12.1 Å². The van der Waals surface area contributed by atoms with E-state index in [1.165, 1.54) is 37.9 Å². The summed E-state index contributed by atoms with van der Waals surface area (Å²) >= 11 is 5.95. The number of halogens is 1. The van der Waals surface area contributed by atoms with Gasteiger partial charge in [0.2, 0.25) is 0 Å². The lowest BCUT2D eigenvalue weighted by Gasteiger charge is -2.37. The molecule has 1 heterocycles. The molecule has 1 fully saturated rings. The van der Waals surface area contributed by atoms with Gasteiger partial charge in [-0.1, -0.05) is 37.6 Å². The number of hydrogen-bond donors (Lipinski definition) is 0. The third kappa shape index (κ3) is 3.23. The van der Waals surface area contributed by atoms with Crippen LogP contribution in [0.2, 0.25) is 5.02 Å². The lowest BCUT2D eigenvalue weighted by atomic mass is 9.95. The van der Waals surface area contributed by atoms with Crippen LogP contribution in [0.1, 0.15) is 44.7 Å². The van der Waals surface area contributed by atoms with E-state index in [9.17, 15) is 0 Å². The van der Waals surface area contributed by atoms with Gasteiger partial charge in [0.05, 0.1) is 0 Å². The third-order valence-electron chi connectivity index (χ3n) is 3.77. The Morgan fingerprint density at radius 2 is 2.06 bits per heavy atom. The Kier molecular flexibility index (Phi) is 4.47. The molecular formula is C15H22ClN. The van der Waals surface area contributed by atoms with Crippen LogP contribution in [-0.4, -0.2) is 18.0 Å². The summed E-state index contributed by atoms with van der Waals surface area (Å²) in [7, 11) is 0. The number of hydrogen-bond acceptors (Lipinski definition) is 1. The van der Waals surface area contributed by atoms with Crippen molar-refractivity contribution < 1.29 is 0 Å². The molecule has 1 saturated heterocycles. The standard InChI is InChI=1S/C15H22ClN/c1-3-15(13-6-8-14(16)9-7-13)17-10-4-5-12(2)11-17/h6-9,12,15H,3-5,10-11H2,1-2H3. The van der Waals surface area contributed by atoms with Crippen LogP contribution in [0.4, 0.5) is 0 Å². The first-order valence-electron chi connectivity index (χ1n) is 6.70. The molecule has 1 aromatic carbocycles. The predicted molar refractivity (Wildman–Crippen MR) is 74.5 cm³/mol. The van der Waals surface area contributed by atoms with Crippen molar-refractivity contribution in [1.29, 1.82) is 0 Å². The summed E-state index contributed by atoms with van der Waals surface area (Å²) in [5.74, 6) is 0.838. The van der Waals surface area contributed by atoms with Gasteiger partial charge in [-0.3, -0.25) is 4.90 Å². The molecule has 0 bridgehead atoms. The van der Waals surface area contributed by atoms with Crippen molar-refractivity contribution in [2.45, 2.75) is 39.2 Å². The fraction of sp³-hybridized carbons (Fsp3) is 0.600. The number of piperidine rings is 1. The van der Waals surface area contributed by atoms with Gasteiger partial charge < -0.3 is 0 Å². The Hall–Kier alpha value is -0.530. The molecule has 2 rings (SSSR count). The first kappa shape index (κ1) is 12.9. The average molecular weight is 252 g/mol. The van der Waals surface area contributed by atoms with E-state index >= 15 is 0 Å². The lowest BCUT2D eigenvalue weighted by Crippen LogP contribution is -2.37. The van der Waals surface area contributed by atoms with Crippen LogP contribution in [0.25, 0.3) is 0 Å². The van der Waals surface area contributed by atoms with Crippen LogP contribution in [0.3, 0.4) is 0 Å². The Labute approximate surface area is 110 Å². The van der Waals surface area contributed by atoms with Crippen molar-refractivity contribution in [3.05, 3.63) is 34.9 Å². The number of nitrogens with zero attached hydrogens (tertiary/aromatic N) is 1. The third-order valence-corrected chi connectivity index (χ3v) is 4.02. The normalized spacial score (nSPS) is 23.6. The van der Waals surface area contributed by atoms with E-state index in [0.29, 0.717) is 6.04 Å². The minimum atomic E-state index is 0.565. The van der Waals surface area contributed by atoms with Crippen molar-refractivity contribution in [2.75, 3.05) is 13.1 Å². The maximum atomic E-state index is 5.95. The van der Waals surface area contributed by atoms with Crippen molar-refractivity contribution in [3.8, 4) is 0 Å². The smallest absolute Gasteiger partial charge is 0.0406 e. The molecule has 1 aliphatic heterocycles. The van der Waals surface area contributed by atoms with E-state index in [4.69, 9.17) is 11.6 Å². The van der Waals surface area contributed by atoms with Crippen LogP contribution < -0.4 is 0 Å². The summed E-state index contributed by atoms with van der Waals surface area (Å²) in [4.78, 5) is 2.64. The summed E-state index contributed by atoms with van der Waals surface area (Å²) in [6, 6.07) is 8.93. The second-order valence-electron chi connectivity index (χ2n) is 5.22. The molecule has 0 radical (unpaired) electrons. The fourth-order valence-electron chi connectivity index (χ4n) is 2.90. The van der Waals surface area contributed by atoms with Crippen molar-refractivity contribution in [1.82, 2.24) is 4.90 Å². The van der Waals surface area contributed by atoms with Gasteiger partial charge in [0.25, 0.3) is 0 Å². The molecule has 1 aliphatic rings. The quantitative estimate of drug-likeness (QED) is 0.763. The first-order valence-corrected chi connectivity index (χ1v) is 7.08. The molecule has 0 N–H and O–H groups in total. The maximum absolute atomic E-state index is 5.95.